The monoisotopic (exact) mass is 415 g/mol. The first kappa shape index (κ1) is 20.0. The van der Waals surface area contributed by atoms with Crippen molar-refractivity contribution in [3.05, 3.63) is 77.7 Å². The van der Waals surface area contributed by atoms with Crippen molar-refractivity contribution in [3.8, 4) is 11.5 Å². The van der Waals surface area contributed by atoms with Gasteiger partial charge in [0.25, 0.3) is 0 Å². The Bertz CT molecular complexity index is 1050. The van der Waals surface area contributed by atoms with Gasteiger partial charge in [0.2, 0.25) is 11.8 Å². The Hall–Kier alpha value is -2.92. The average molecular weight is 416 g/mol. The third-order valence-electron chi connectivity index (χ3n) is 7.02. The minimum atomic E-state index is 0.157. The molecule has 2 fully saturated rings. The first-order valence-corrected chi connectivity index (χ1v) is 11.2. The Morgan fingerprint density at radius 2 is 1.90 bits per heavy atom. The fraction of sp³-hybridized carbons (Fsp3) is 0.385. The first-order valence-electron chi connectivity index (χ1n) is 11.2. The zero-order valence-corrected chi connectivity index (χ0v) is 18.0. The summed E-state index contributed by atoms with van der Waals surface area (Å²) >= 11 is 0. The molecule has 0 aliphatic carbocycles. The molecular weight excluding hydrogens is 386 g/mol. The van der Waals surface area contributed by atoms with E-state index < -0.39 is 0 Å². The van der Waals surface area contributed by atoms with Crippen LogP contribution < -0.4 is 5.32 Å². The van der Waals surface area contributed by atoms with Crippen LogP contribution in [0.2, 0.25) is 0 Å². The number of nitrogens with one attached hydrogen (secondary N) is 1. The predicted molar refractivity (Wildman–Crippen MR) is 121 cm³/mol. The Morgan fingerprint density at radius 1 is 1.16 bits per heavy atom. The van der Waals surface area contributed by atoms with E-state index in [-0.39, 0.29) is 11.3 Å². The lowest BCUT2D eigenvalue weighted by atomic mass is 9.76. The fourth-order valence-electron chi connectivity index (χ4n) is 5.16. The summed E-state index contributed by atoms with van der Waals surface area (Å²) in [5.41, 5.74) is 3.24. The van der Waals surface area contributed by atoms with Crippen molar-refractivity contribution in [3.63, 3.8) is 0 Å². The van der Waals surface area contributed by atoms with E-state index in [9.17, 15) is 4.79 Å². The summed E-state index contributed by atoms with van der Waals surface area (Å²) in [6.45, 7) is 5.56. The van der Waals surface area contributed by atoms with Crippen molar-refractivity contribution < 1.29 is 9.21 Å². The highest BCUT2D eigenvalue weighted by Gasteiger charge is 2.50. The molecule has 3 heterocycles. The van der Waals surface area contributed by atoms with Crippen molar-refractivity contribution in [2.45, 2.75) is 26.2 Å². The normalized spacial score (nSPS) is 22.6. The quantitative estimate of drug-likeness (QED) is 0.664. The number of nitrogens with zero attached hydrogens (tertiary/aromatic N) is 2. The van der Waals surface area contributed by atoms with Crippen molar-refractivity contribution in [1.82, 2.24) is 15.2 Å². The Labute approximate surface area is 183 Å². The second kappa shape index (κ2) is 8.31. The van der Waals surface area contributed by atoms with Crippen LogP contribution in [0.4, 0.5) is 0 Å². The van der Waals surface area contributed by atoms with Crippen LogP contribution in [-0.4, -0.2) is 42.0 Å². The number of likely N-dealkylation sites (tertiary alicyclic amines) is 1. The number of aryl methyl sites for hydroxylation is 2. The van der Waals surface area contributed by atoms with Gasteiger partial charge in [0.1, 0.15) is 5.76 Å². The van der Waals surface area contributed by atoms with E-state index >= 15 is 0 Å². The van der Waals surface area contributed by atoms with Crippen molar-refractivity contribution in [2.75, 3.05) is 26.2 Å². The molecule has 2 aliphatic heterocycles. The topological polar surface area (TPSA) is 58.4 Å². The number of fused-ring (bicyclic) bond motifs is 1. The molecule has 2 aliphatic rings. The summed E-state index contributed by atoms with van der Waals surface area (Å²) in [6.07, 6.45) is 2.47. The third kappa shape index (κ3) is 4.02. The first-order chi connectivity index (χ1) is 15.1. The highest BCUT2D eigenvalue weighted by Crippen LogP contribution is 2.42. The van der Waals surface area contributed by atoms with E-state index in [1.807, 2.05) is 37.3 Å². The fourth-order valence-corrected chi connectivity index (χ4v) is 5.16. The number of aromatic nitrogens is 1. The highest BCUT2D eigenvalue weighted by molar-refractivity contribution is 5.79. The van der Waals surface area contributed by atoms with Gasteiger partial charge in [-0.05, 0) is 43.4 Å². The van der Waals surface area contributed by atoms with Crippen LogP contribution in [0.3, 0.4) is 0 Å². The van der Waals surface area contributed by atoms with E-state index in [1.54, 1.807) is 0 Å². The number of oxazole rings is 1. The molecule has 5 nitrogen and oxygen atoms in total. The van der Waals surface area contributed by atoms with E-state index in [1.165, 1.54) is 5.56 Å². The summed E-state index contributed by atoms with van der Waals surface area (Å²) in [6, 6.07) is 20.5. The molecule has 2 unspecified atom stereocenters. The van der Waals surface area contributed by atoms with Gasteiger partial charge in [0, 0.05) is 37.2 Å². The number of rotatable bonds is 6. The van der Waals surface area contributed by atoms with Crippen molar-refractivity contribution in [1.29, 1.82) is 0 Å². The van der Waals surface area contributed by atoms with Gasteiger partial charge in [-0.15, -0.1) is 0 Å². The molecule has 2 atom stereocenters. The van der Waals surface area contributed by atoms with Crippen LogP contribution in [0, 0.1) is 18.3 Å². The molecule has 0 saturated carbocycles. The molecule has 3 aromatic rings. The Kier molecular flexibility index (Phi) is 5.36. The second-order valence-corrected chi connectivity index (χ2v) is 9.01. The molecule has 1 amide bonds. The lowest BCUT2D eigenvalue weighted by molar-refractivity contribution is -0.130. The lowest BCUT2D eigenvalue weighted by Gasteiger charge is -2.28. The van der Waals surface area contributed by atoms with Gasteiger partial charge in [-0.2, -0.15) is 0 Å². The molecule has 1 aromatic heterocycles. The number of carbonyl (C=O) groups is 1. The molecule has 1 N–H and O–H groups in total. The number of hydrogen-bond acceptors (Lipinski definition) is 4. The summed E-state index contributed by atoms with van der Waals surface area (Å²) in [4.78, 5) is 19.9. The maximum absolute atomic E-state index is 13.2. The molecule has 0 radical (unpaired) electrons. The zero-order chi connectivity index (χ0) is 21.3. The standard InChI is InChI=1S/C26H29N3O2/c1-19-23(28-25(31-19)21-10-6-3-7-11-21)14-24(30)29-16-22-15-27-17-26(22,18-29)13-12-20-8-4-2-5-9-20/h2-11,22,27H,12-18H2,1H3. The van der Waals surface area contributed by atoms with Crippen LogP contribution in [-0.2, 0) is 17.6 Å². The largest absolute Gasteiger partial charge is 0.441 e. The van der Waals surface area contributed by atoms with Gasteiger partial charge in [-0.25, -0.2) is 4.98 Å². The number of amides is 1. The van der Waals surface area contributed by atoms with E-state index in [0.29, 0.717) is 18.2 Å². The summed E-state index contributed by atoms with van der Waals surface area (Å²) < 4.78 is 5.85. The van der Waals surface area contributed by atoms with E-state index in [0.717, 1.165) is 56.0 Å². The van der Waals surface area contributed by atoms with Crippen molar-refractivity contribution in [2.24, 2.45) is 11.3 Å². The summed E-state index contributed by atoms with van der Waals surface area (Å²) in [5.74, 6) is 2.00. The third-order valence-corrected chi connectivity index (χ3v) is 7.02. The van der Waals surface area contributed by atoms with Gasteiger partial charge >= 0.3 is 0 Å². The summed E-state index contributed by atoms with van der Waals surface area (Å²) in [5, 5.41) is 3.58. The summed E-state index contributed by atoms with van der Waals surface area (Å²) in [7, 11) is 0. The molecule has 160 valence electrons. The predicted octanol–water partition coefficient (Wildman–Crippen LogP) is 3.87. The van der Waals surface area contributed by atoms with Gasteiger partial charge < -0.3 is 14.6 Å². The van der Waals surface area contributed by atoms with Crippen LogP contribution in [0.1, 0.15) is 23.4 Å². The molecule has 0 bridgehead atoms. The highest BCUT2D eigenvalue weighted by atomic mass is 16.4. The molecule has 2 aromatic carbocycles. The van der Waals surface area contributed by atoms with E-state index in [2.05, 4.69) is 45.5 Å². The molecule has 5 rings (SSSR count). The van der Waals surface area contributed by atoms with E-state index in [4.69, 9.17) is 4.42 Å². The Morgan fingerprint density at radius 3 is 2.68 bits per heavy atom. The maximum Gasteiger partial charge on any atom is 0.228 e. The lowest BCUT2D eigenvalue weighted by Crippen LogP contribution is -2.36. The number of hydrogen-bond donors (Lipinski definition) is 1. The smallest absolute Gasteiger partial charge is 0.228 e. The average Bonchev–Trinajstić information content (AvgIpc) is 3.46. The minimum absolute atomic E-state index is 0.157. The zero-order valence-electron chi connectivity index (χ0n) is 18.0. The van der Waals surface area contributed by atoms with Gasteiger partial charge in [0.05, 0.1) is 12.1 Å². The molecule has 31 heavy (non-hydrogen) atoms. The van der Waals surface area contributed by atoms with Gasteiger partial charge in [-0.3, -0.25) is 4.79 Å². The SMILES string of the molecule is Cc1oc(-c2ccccc2)nc1CC(=O)N1CC2CNCC2(CCc2ccccc2)C1. The van der Waals surface area contributed by atoms with Crippen molar-refractivity contribution >= 4 is 5.91 Å². The number of carbonyl (C=O) groups excluding carboxylic acids is 1. The molecule has 5 heteroatoms. The van der Waals surface area contributed by atoms with Crippen LogP contribution >= 0.6 is 0 Å². The number of benzene rings is 2. The molecule has 2 saturated heterocycles. The molecule has 0 spiro atoms. The second-order valence-electron chi connectivity index (χ2n) is 9.01. The Balaban J connectivity index is 1.26. The maximum atomic E-state index is 13.2. The van der Waals surface area contributed by atoms with Crippen LogP contribution in [0.15, 0.2) is 65.1 Å². The van der Waals surface area contributed by atoms with Gasteiger partial charge in [0.15, 0.2) is 0 Å². The van der Waals surface area contributed by atoms with Crippen LogP contribution in [0.25, 0.3) is 11.5 Å². The molecular formula is C26H29N3O2. The minimum Gasteiger partial charge on any atom is -0.441 e. The van der Waals surface area contributed by atoms with Crippen LogP contribution in [0.5, 0.6) is 0 Å². The van der Waals surface area contributed by atoms with Gasteiger partial charge in [-0.1, -0.05) is 48.5 Å².